The molecule has 6 heteroatoms. The maximum atomic E-state index is 12.3. The number of likely N-dealkylation sites (tertiary alicyclic amines) is 1. The number of hydrogen-bond acceptors (Lipinski definition) is 2. The summed E-state index contributed by atoms with van der Waals surface area (Å²) in [5.41, 5.74) is 0. The molecular formula is C7H11F3N2O. The fourth-order valence-electron chi connectivity index (χ4n) is 1.47. The van der Waals surface area contributed by atoms with Crippen LogP contribution in [0.25, 0.3) is 0 Å². The summed E-state index contributed by atoms with van der Waals surface area (Å²) in [6.45, 7) is 0.247. The SMILES string of the molecule is COC(=N)N1CCC[C@@H]1C(F)(F)F. The van der Waals surface area contributed by atoms with Gasteiger partial charge in [0, 0.05) is 6.54 Å². The van der Waals surface area contributed by atoms with Crippen LogP contribution in [0.3, 0.4) is 0 Å². The first-order chi connectivity index (χ1) is 5.96. The van der Waals surface area contributed by atoms with Gasteiger partial charge in [-0.15, -0.1) is 0 Å². The Hall–Kier alpha value is -0.940. The molecular weight excluding hydrogens is 185 g/mol. The number of ether oxygens (including phenoxy) is 1. The van der Waals surface area contributed by atoms with E-state index < -0.39 is 18.2 Å². The van der Waals surface area contributed by atoms with Crippen LogP contribution < -0.4 is 0 Å². The second kappa shape index (κ2) is 3.43. The summed E-state index contributed by atoms with van der Waals surface area (Å²) in [4.78, 5) is 0.944. The number of rotatable bonds is 0. The van der Waals surface area contributed by atoms with Gasteiger partial charge in [-0.1, -0.05) is 0 Å². The Bertz CT molecular complexity index is 204. The van der Waals surface area contributed by atoms with Crippen molar-refractivity contribution in [3.8, 4) is 0 Å². The first-order valence-electron chi connectivity index (χ1n) is 3.92. The summed E-state index contributed by atoms with van der Waals surface area (Å²) >= 11 is 0. The standard InChI is InChI=1S/C7H11F3N2O/c1-13-6(11)12-4-2-3-5(12)7(8,9)10/h5,11H,2-4H2,1H3/t5-/m1/s1. The van der Waals surface area contributed by atoms with E-state index in [-0.39, 0.29) is 13.0 Å². The average Bonchev–Trinajstić information content (AvgIpc) is 2.49. The van der Waals surface area contributed by atoms with E-state index in [4.69, 9.17) is 5.41 Å². The number of nitrogens with zero attached hydrogens (tertiary/aromatic N) is 1. The minimum atomic E-state index is -4.26. The fourth-order valence-corrected chi connectivity index (χ4v) is 1.47. The van der Waals surface area contributed by atoms with Crippen molar-refractivity contribution in [2.24, 2.45) is 0 Å². The predicted octanol–water partition coefficient (Wildman–Crippen LogP) is 1.59. The van der Waals surface area contributed by atoms with Gasteiger partial charge >= 0.3 is 6.18 Å². The lowest BCUT2D eigenvalue weighted by atomic mass is 10.2. The van der Waals surface area contributed by atoms with E-state index in [1.807, 2.05) is 0 Å². The number of halogens is 3. The van der Waals surface area contributed by atoms with Crippen LogP contribution in [-0.4, -0.2) is 36.8 Å². The molecule has 0 aliphatic carbocycles. The molecule has 1 saturated heterocycles. The zero-order valence-electron chi connectivity index (χ0n) is 7.19. The van der Waals surface area contributed by atoms with Gasteiger partial charge in [-0.05, 0) is 12.8 Å². The molecule has 1 N–H and O–H groups in total. The lowest BCUT2D eigenvalue weighted by Gasteiger charge is -2.26. The smallest absolute Gasteiger partial charge is 0.408 e. The largest absolute Gasteiger partial charge is 0.469 e. The molecule has 0 aromatic heterocycles. The first kappa shape index (κ1) is 10.1. The van der Waals surface area contributed by atoms with Crippen LogP contribution >= 0.6 is 0 Å². The molecule has 3 nitrogen and oxygen atoms in total. The van der Waals surface area contributed by atoms with Crippen LogP contribution in [-0.2, 0) is 4.74 Å². The molecule has 0 saturated carbocycles. The van der Waals surface area contributed by atoms with Gasteiger partial charge in [0.15, 0.2) is 0 Å². The molecule has 1 rings (SSSR count). The highest BCUT2D eigenvalue weighted by Gasteiger charge is 2.47. The summed E-state index contributed by atoms with van der Waals surface area (Å²) in [7, 11) is 1.20. The van der Waals surface area contributed by atoms with Crippen LogP contribution in [0.4, 0.5) is 13.2 Å². The van der Waals surface area contributed by atoms with Gasteiger partial charge in [0.2, 0.25) is 0 Å². The molecule has 1 atom stereocenters. The van der Waals surface area contributed by atoms with Crippen molar-refractivity contribution >= 4 is 6.02 Å². The highest BCUT2D eigenvalue weighted by molar-refractivity contribution is 5.70. The molecule has 0 bridgehead atoms. The van der Waals surface area contributed by atoms with Gasteiger partial charge < -0.3 is 9.64 Å². The quantitative estimate of drug-likeness (QED) is 0.472. The van der Waals surface area contributed by atoms with E-state index in [0.29, 0.717) is 6.42 Å². The number of hydrogen-bond donors (Lipinski definition) is 1. The number of nitrogens with one attached hydrogen (secondary N) is 1. The van der Waals surface area contributed by atoms with Crippen molar-refractivity contribution in [3.63, 3.8) is 0 Å². The molecule has 13 heavy (non-hydrogen) atoms. The highest BCUT2D eigenvalue weighted by atomic mass is 19.4. The minimum Gasteiger partial charge on any atom is -0.469 e. The molecule has 1 aliphatic heterocycles. The van der Waals surface area contributed by atoms with Crippen molar-refractivity contribution in [1.82, 2.24) is 4.90 Å². The number of amidine groups is 1. The fraction of sp³-hybridized carbons (Fsp3) is 0.857. The number of alkyl halides is 3. The van der Waals surface area contributed by atoms with Crippen LogP contribution in [0.2, 0.25) is 0 Å². The lowest BCUT2D eigenvalue weighted by molar-refractivity contribution is -0.168. The molecule has 1 fully saturated rings. The summed E-state index contributed by atoms with van der Waals surface area (Å²) < 4.78 is 41.4. The van der Waals surface area contributed by atoms with Gasteiger partial charge in [0.25, 0.3) is 6.02 Å². The highest BCUT2D eigenvalue weighted by Crippen LogP contribution is 2.32. The van der Waals surface area contributed by atoms with Crippen molar-refractivity contribution in [1.29, 1.82) is 5.41 Å². The molecule has 1 heterocycles. The zero-order chi connectivity index (χ0) is 10.1. The van der Waals surface area contributed by atoms with Gasteiger partial charge in [-0.3, -0.25) is 5.41 Å². The van der Waals surface area contributed by atoms with Crippen LogP contribution in [0.1, 0.15) is 12.8 Å². The topological polar surface area (TPSA) is 36.3 Å². The van der Waals surface area contributed by atoms with Crippen molar-refractivity contribution in [2.75, 3.05) is 13.7 Å². The van der Waals surface area contributed by atoms with E-state index >= 15 is 0 Å². The molecule has 0 amide bonds. The summed E-state index contributed by atoms with van der Waals surface area (Å²) in [6, 6.07) is -1.94. The van der Waals surface area contributed by atoms with Gasteiger partial charge in [-0.25, -0.2) is 0 Å². The molecule has 0 aromatic rings. The third-order valence-electron chi connectivity index (χ3n) is 2.08. The Morgan fingerprint density at radius 2 is 2.15 bits per heavy atom. The molecule has 0 aromatic carbocycles. The zero-order valence-corrected chi connectivity index (χ0v) is 7.19. The Kier molecular flexibility index (Phi) is 2.68. The maximum absolute atomic E-state index is 12.3. The van der Waals surface area contributed by atoms with E-state index in [0.717, 1.165) is 4.90 Å². The lowest BCUT2D eigenvalue weighted by Crippen LogP contribution is -2.44. The van der Waals surface area contributed by atoms with Crippen molar-refractivity contribution < 1.29 is 17.9 Å². The molecule has 1 aliphatic rings. The molecule has 76 valence electrons. The Morgan fingerprint density at radius 1 is 1.54 bits per heavy atom. The van der Waals surface area contributed by atoms with E-state index in [1.165, 1.54) is 7.11 Å². The van der Waals surface area contributed by atoms with E-state index in [1.54, 1.807) is 0 Å². The summed E-state index contributed by atoms with van der Waals surface area (Å²) in [6.07, 6.45) is -3.76. The van der Waals surface area contributed by atoms with E-state index in [2.05, 4.69) is 4.74 Å². The third-order valence-corrected chi connectivity index (χ3v) is 2.08. The van der Waals surface area contributed by atoms with Crippen molar-refractivity contribution in [2.45, 2.75) is 25.1 Å². The van der Waals surface area contributed by atoms with Gasteiger partial charge in [0.05, 0.1) is 7.11 Å². The second-order valence-electron chi connectivity index (χ2n) is 2.90. The van der Waals surface area contributed by atoms with E-state index in [9.17, 15) is 13.2 Å². The van der Waals surface area contributed by atoms with Crippen LogP contribution in [0.5, 0.6) is 0 Å². The Balaban J connectivity index is 2.70. The third kappa shape index (κ3) is 2.05. The number of methoxy groups -OCH3 is 1. The maximum Gasteiger partial charge on any atom is 0.408 e. The summed E-state index contributed by atoms with van der Waals surface area (Å²) in [5, 5.41) is 7.15. The predicted molar refractivity (Wildman–Crippen MR) is 40.5 cm³/mol. The van der Waals surface area contributed by atoms with Crippen molar-refractivity contribution in [3.05, 3.63) is 0 Å². The Labute approximate surface area is 74.0 Å². The van der Waals surface area contributed by atoms with Gasteiger partial charge in [0.1, 0.15) is 6.04 Å². The second-order valence-corrected chi connectivity index (χ2v) is 2.90. The van der Waals surface area contributed by atoms with Gasteiger partial charge in [-0.2, -0.15) is 13.2 Å². The minimum absolute atomic E-state index is 0.0508. The molecule has 0 radical (unpaired) electrons. The normalized spacial score (nSPS) is 23.4. The monoisotopic (exact) mass is 196 g/mol. The molecule has 0 spiro atoms. The average molecular weight is 196 g/mol. The van der Waals surface area contributed by atoms with Crippen LogP contribution in [0.15, 0.2) is 0 Å². The summed E-state index contributed by atoms with van der Waals surface area (Å²) in [5.74, 6) is 0. The van der Waals surface area contributed by atoms with Crippen LogP contribution in [0, 0.1) is 5.41 Å². The molecule has 0 unspecified atom stereocenters. The Morgan fingerprint density at radius 3 is 2.62 bits per heavy atom. The first-order valence-corrected chi connectivity index (χ1v) is 3.92.